The number of anilines is 4. The van der Waals surface area contributed by atoms with Crippen LogP contribution < -0.4 is 20.4 Å². The van der Waals surface area contributed by atoms with E-state index in [1.807, 2.05) is 18.2 Å². The molecular weight excluding hydrogens is 566 g/mol. The van der Waals surface area contributed by atoms with E-state index in [4.69, 9.17) is 16.6 Å². The molecule has 11 heteroatoms. The largest absolute Gasteiger partial charge is 0.341 e. The molecule has 2 fully saturated rings. The first-order chi connectivity index (χ1) is 20.8. The van der Waals surface area contributed by atoms with E-state index >= 15 is 0 Å². The van der Waals surface area contributed by atoms with E-state index in [0.29, 0.717) is 42.1 Å². The predicted octanol–water partition coefficient (Wildman–Crippen LogP) is 3.94. The molecule has 3 amide bonds. The van der Waals surface area contributed by atoms with Gasteiger partial charge in [0.1, 0.15) is 5.02 Å². The van der Waals surface area contributed by atoms with Gasteiger partial charge in [0, 0.05) is 57.1 Å². The molecule has 10 nitrogen and oxygen atoms in total. The van der Waals surface area contributed by atoms with Crippen LogP contribution in [0.25, 0.3) is 0 Å². The molecule has 3 aromatic rings. The summed E-state index contributed by atoms with van der Waals surface area (Å²) < 4.78 is 0. The molecule has 0 saturated carbocycles. The summed E-state index contributed by atoms with van der Waals surface area (Å²) in [6, 6.07) is 12.8. The molecule has 0 spiro atoms. The number of amides is 3. The second-order valence-corrected chi connectivity index (χ2v) is 12.3. The lowest BCUT2D eigenvalue weighted by Gasteiger charge is -2.41. The predicted molar refractivity (Wildman–Crippen MR) is 165 cm³/mol. The van der Waals surface area contributed by atoms with Crippen molar-refractivity contribution in [2.24, 2.45) is 0 Å². The second-order valence-electron chi connectivity index (χ2n) is 11.9. The van der Waals surface area contributed by atoms with E-state index < -0.39 is 0 Å². The molecule has 4 aliphatic rings. The normalized spacial score (nSPS) is 21.1. The second kappa shape index (κ2) is 11.2. The lowest BCUT2D eigenvalue weighted by molar-refractivity contribution is -0.134. The van der Waals surface area contributed by atoms with Crippen molar-refractivity contribution in [2.45, 2.75) is 57.0 Å². The molecule has 4 aliphatic heterocycles. The number of hydrogen-bond donors (Lipinski definition) is 2. The Hall–Kier alpha value is -4.02. The van der Waals surface area contributed by atoms with Crippen LogP contribution in [0.4, 0.5) is 23.1 Å². The van der Waals surface area contributed by atoms with Gasteiger partial charge in [-0.05, 0) is 66.1 Å². The molecule has 1 unspecified atom stereocenters. The van der Waals surface area contributed by atoms with Gasteiger partial charge in [0.15, 0.2) is 5.82 Å². The number of nitrogens with one attached hydrogen (secondary N) is 2. The molecule has 222 valence electrons. The molecule has 7 rings (SSSR count). The van der Waals surface area contributed by atoms with Crippen LogP contribution in [0.15, 0.2) is 42.6 Å². The van der Waals surface area contributed by atoms with Crippen molar-refractivity contribution < 1.29 is 14.4 Å². The summed E-state index contributed by atoms with van der Waals surface area (Å²) in [6.45, 7) is 3.61. The Labute approximate surface area is 255 Å². The molecule has 0 aliphatic carbocycles. The van der Waals surface area contributed by atoms with E-state index in [2.05, 4.69) is 43.6 Å². The van der Waals surface area contributed by atoms with E-state index in [1.165, 1.54) is 11.1 Å². The summed E-state index contributed by atoms with van der Waals surface area (Å²) in [7, 11) is 1.79. The first-order valence-electron chi connectivity index (χ1n) is 15.0. The highest BCUT2D eigenvalue weighted by atomic mass is 35.5. The highest BCUT2D eigenvalue weighted by Gasteiger charge is 2.31. The number of aromatic nitrogens is 2. The first-order valence-corrected chi connectivity index (χ1v) is 15.3. The fraction of sp³-hybridized carbons (Fsp3) is 0.406. The molecule has 2 aromatic carbocycles. The van der Waals surface area contributed by atoms with Crippen LogP contribution in [0.1, 0.15) is 53.9 Å². The molecule has 5 heterocycles. The average Bonchev–Trinajstić information content (AvgIpc) is 3.30. The van der Waals surface area contributed by atoms with Gasteiger partial charge in [0.05, 0.1) is 18.5 Å². The van der Waals surface area contributed by atoms with Gasteiger partial charge in [-0.3, -0.25) is 24.6 Å². The summed E-state index contributed by atoms with van der Waals surface area (Å²) in [5.74, 6) is 0.704. The minimum Gasteiger partial charge on any atom is -0.341 e. The van der Waals surface area contributed by atoms with E-state index in [0.717, 1.165) is 67.9 Å². The highest BCUT2D eigenvalue weighted by Crippen LogP contribution is 2.34. The number of nitrogens with zero attached hydrogens (tertiary/aromatic N) is 5. The zero-order valence-corrected chi connectivity index (χ0v) is 24.9. The minimum atomic E-state index is -0.239. The van der Waals surface area contributed by atoms with Gasteiger partial charge in [0.2, 0.25) is 23.7 Å². The van der Waals surface area contributed by atoms with E-state index in [1.54, 1.807) is 18.1 Å². The summed E-state index contributed by atoms with van der Waals surface area (Å²) in [4.78, 5) is 51.8. The van der Waals surface area contributed by atoms with Crippen molar-refractivity contribution >= 4 is 52.5 Å². The fourth-order valence-electron chi connectivity index (χ4n) is 6.85. The summed E-state index contributed by atoms with van der Waals surface area (Å²) in [5, 5.41) is 6.25. The topological polar surface area (TPSA) is 111 Å². The zero-order chi connectivity index (χ0) is 29.7. The number of fused-ring (bicyclic) bond motifs is 2. The first kappa shape index (κ1) is 27.8. The maximum absolute atomic E-state index is 12.4. The van der Waals surface area contributed by atoms with Crippen LogP contribution >= 0.6 is 11.6 Å². The van der Waals surface area contributed by atoms with E-state index in [-0.39, 0.29) is 23.6 Å². The number of carbonyl (C=O) groups is 3. The van der Waals surface area contributed by atoms with Crippen LogP contribution in [0.3, 0.4) is 0 Å². The number of imide groups is 1. The van der Waals surface area contributed by atoms with Gasteiger partial charge in [-0.1, -0.05) is 29.8 Å². The molecule has 1 atom stereocenters. The standard InChI is InChI=1S/C32H34ClN7O3/c1-38-27-6-4-23(15-22(27)16-29(38)42)35-30-26(33)17-34-32(37-30)39-12-9-24(10-13-39)40-11-8-19-14-20(2-3-21(19)18-40)25-5-7-28(41)36-31(25)43/h2-4,6,14-15,17,24-25H,5,7-13,16,18H2,1H3,(H,34,35,37)(H,36,41,43). The number of likely N-dealkylation sites (N-methyl/N-ethyl adjacent to an activating group) is 1. The minimum absolute atomic E-state index is 0.0885. The number of halogens is 1. The Bertz CT molecular complexity index is 1620. The molecule has 2 N–H and O–H groups in total. The summed E-state index contributed by atoms with van der Waals surface area (Å²) >= 11 is 6.47. The molecule has 0 radical (unpaired) electrons. The highest BCUT2D eigenvalue weighted by molar-refractivity contribution is 6.32. The van der Waals surface area contributed by atoms with Gasteiger partial charge in [-0.2, -0.15) is 4.98 Å². The van der Waals surface area contributed by atoms with Crippen molar-refractivity contribution in [1.82, 2.24) is 20.2 Å². The number of piperidine rings is 2. The van der Waals surface area contributed by atoms with Crippen LogP contribution in [0.5, 0.6) is 0 Å². The Morgan fingerprint density at radius 2 is 1.79 bits per heavy atom. The van der Waals surface area contributed by atoms with Crippen LogP contribution in [-0.4, -0.2) is 65.3 Å². The molecular formula is C32H34ClN7O3. The number of benzene rings is 2. The van der Waals surface area contributed by atoms with Crippen LogP contribution in [0.2, 0.25) is 5.02 Å². The van der Waals surface area contributed by atoms with Crippen LogP contribution in [-0.2, 0) is 33.8 Å². The Morgan fingerprint density at radius 1 is 0.953 bits per heavy atom. The number of rotatable bonds is 5. The van der Waals surface area contributed by atoms with Gasteiger partial charge < -0.3 is 15.1 Å². The third-order valence-electron chi connectivity index (χ3n) is 9.33. The summed E-state index contributed by atoms with van der Waals surface area (Å²) in [6.07, 6.45) is 6.01. The molecule has 2 saturated heterocycles. The van der Waals surface area contributed by atoms with Crippen molar-refractivity contribution in [1.29, 1.82) is 0 Å². The molecule has 0 bridgehead atoms. The Morgan fingerprint density at radius 3 is 2.60 bits per heavy atom. The van der Waals surface area contributed by atoms with Crippen LogP contribution in [0, 0.1) is 0 Å². The lowest BCUT2D eigenvalue weighted by Crippen LogP contribution is -2.47. The monoisotopic (exact) mass is 599 g/mol. The van der Waals surface area contributed by atoms with Crippen molar-refractivity contribution in [3.05, 3.63) is 69.9 Å². The Kier molecular flexibility index (Phi) is 7.26. The number of hydrogen-bond acceptors (Lipinski definition) is 8. The van der Waals surface area contributed by atoms with Crippen molar-refractivity contribution in [3.63, 3.8) is 0 Å². The van der Waals surface area contributed by atoms with Gasteiger partial charge in [-0.25, -0.2) is 4.98 Å². The van der Waals surface area contributed by atoms with Gasteiger partial charge in [-0.15, -0.1) is 0 Å². The maximum Gasteiger partial charge on any atom is 0.234 e. The Balaban J connectivity index is 0.972. The van der Waals surface area contributed by atoms with Crippen molar-refractivity contribution in [3.8, 4) is 0 Å². The fourth-order valence-corrected chi connectivity index (χ4v) is 6.99. The van der Waals surface area contributed by atoms with Gasteiger partial charge >= 0.3 is 0 Å². The van der Waals surface area contributed by atoms with Gasteiger partial charge in [0.25, 0.3) is 0 Å². The third-order valence-corrected chi connectivity index (χ3v) is 9.60. The quantitative estimate of drug-likeness (QED) is 0.425. The number of carbonyl (C=O) groups excluding carboxylic acids is 3. The lowest BCUT2D eigenvalue weighted by atomic mass is 9.86. The molecule has 1 aromatic heterocycles. The SMILES string of the molecule is CN1C(=O)Cc2cc(Nc3nc(N4CCC(N5CCc6cc(C7CCC(=O)NC7=O)ccc6C5)CC4)ncc3Cl)ccc21. The summed E-state index contributed by atoms with van der Waals surface area (Å²) in [5.41, 5.74) is 6.40. The maximum atomic E-state index is 12.4. The molecule has 43 heavy (non-hydrogen) atoms. The zero-order valence-electron chi connectivity index (χ0n) is 24.1. The third kappa shape index (κ3) is 5.45. The smallest absolute Gasteiger partial charge is 0.234 e. The van der Waals surface area contributed by atoms with E-state index in [9.17, 15) is 14.4 Å². The average molecular weight is 600 g/mol. The van der Waals surface area contributed by atoms with Crippen molar-refractivity contribution in [2.75, 3.05) is 41.8 Å².